The number of anilines is 1. The Morgan fingerprint density at radius 2 is 1.62 bits per heavy atom. The van der Waals surface area contributed by atoms with Crippen LogP contribution in [0.1, 0.15) is 50.7 Å². The second-order valence-electron chi connectivity index (χ2n) is 5.90. The highest BCUT2D eigenvalue weighted by molar-refractivity contribution is 5.93. The molecule has 1 aliphatic rings. The average molecular weight is 288 g/mol. The van der Waals surface area contributed by atoms with Gasteiger partial charge in [0.25, 0.3) is 0 Å². The Labute approximate surface area is 128 Å². The van der Waals surface area contributed by atoms with Gasteiger partial charge in [0.15, 0.2) is 0 Å². The number of para-hydroxylation sites is 1. The van der Waals surface area contributed by atoms with Crippen molar-refractivity contribution in [1.29, 1.82) is 0 Å². The molecule has 0 radical (unpaired) electrons. The summed E-state index contributed by atoms with van der Waals surface area (Å²) < 4.78 is 0. The normalized spacial score (nSPS) is 16.5. The van der Waals surface area contributed by atoms with Crippen LogP contribution in [0.3, 0.4) is 0 Å². The fourth-order valence-corrected chi connectivity index (χ4v) is 3.08. The van der Waals surface area contributed by atoms with E-state index in [4.69, 9.17) is 0 Å². The molecule has 0 atom stereocenters. The zero-order valence-corrected chi connectivity index (χ0v) is 13.5. The number of carbonyl (C=O) groups excluding carboxylic acids is 1. The Kier molecular flexibility index (Phi) is 6.24. The van der Waals surface area contributed by atoms with Gasteiger partial charge < -0.3 is 5.32 Å². The second-order valence-corrected chi connectivity index (χ2v) is 5.90. The van der Waals surface area contributed by atoms with Gasteiger partial charge in [-0.05, 0) is 49.9 Å². The molecule has 1 aromatic carbocycles. The van der Waals surface area contributed by atoms with Crippen LogP contribution in [0.2, 0.25) is 0 Å². The van der Waals surface area contributed by atoms with Crippen LogP contribution in [0.25, 0.3) is 0 Å². The number of aryl methyl sites for hydroxylation is 2. The Hall–Kier alpha value is -1.35. The molecule has 1 N–H and O–H groups in total. The Morgan fingerprint density at radius 1 is 1.05 bits per heavy atom. The minimum Gasteiger partial charge on any atom is -0.324 e. The summed E-state index contributed by atoms with van der Waals surface area (Å²) in [6.45, 7) is 6.92. The third-order valence-corrected chi connectivity index (χ3v) is 4.33. The summed E-state index contributed by atoms with van der Waals surface area (Å²) in [6, 6.07) is 6.31. The quantitative estimate of drug-likeness (QED) is 0.897. The largest absolute Gasteiger partial charge is 0.324 e. The Bertz CT molecular complexity index is 440. The van der Waals surface area contributed by atoms with Gasteiger partial charge >= 0.3 is 0 Å². The number of carbonyl (C=O) groups is 1. The van der Waals surface area contributed by atoms with Gasteiger partial charge in [-0.25, -0.2) is 0 Å². The maximum atomic E-state index is 12.4. The van der Waals surface area contributed by atoms with E-state index < -0.39 is 0 Å². The first kappa shape index (κ1) is 16.0. The number of nitrogens with one attached hydrogen (secondary N) is 1. The molecule has 1 amide bonds. The average Bonchev–Trinajstić information content (AvgIpc) is 2.76. The summed E-state index contributed by atoms with van der Waals surface area (Å²) in [5.41, 5.74) is 3.51. The first-order valence-electron chi connectivity index (χ1n) is 8.37. The third-order valence-electron chi connectivity index (χ3n) is 4.33. The van der Waals surface area contributed by atoms with Gasteiger partial charge in [-0.3, -0.25) is 9.69 Å². The van der Waals surface area contributed by atoms with Gasteiger partial charge in [0, 0.05) is 5.69 Å². The highest BCUT2D eigenvalue weighted by Crippen LogP contribution is 2.22. The van der Waals surface area contributed by atoms with E-state index in [1.54, 1.807) is 0 Å². The van der Waals surface area contributed by atoms with E-state index in [2.05, 4.69) is 42.3 Å². The van der Waals surface area contributed by atoms with Crippen molar-refractivity contribution in [3.05, 3.63) is 29.3 Å². The van der Waals surface area contributed by atoms with Crippen LogP contribution in [-0.2, 0) is 17.6 Å². The molecule has 1 aliphatic heterocycles. The number of likely N-dealkylation sites (tertiary alicyclic amines) is 1. The van der Waals surface area contributed by atoms with E-state index in [0.717, 1.165) is 31.6 Å². The summed E-state index contributed by atoms with van der Waals surface area (Å²) in [5, 5.41) is 3.17. The van der Waals surface area contributed by atoms with Crippen molar-refractivity contribution in [2.75, 3.05) is 25.0 Å². The zero-order valence-electron chi connectivity index (χ0n) is 13.5. The molecule has 1 fully saturated rings. The molecular formula is C18H28N2O. The van der Waals surface area contributed by atoms with Crippen molar-refractivity contribution in [2.24, 2.45) is 0 Å². The maximum absolute atomic E-state index is 12.4. The third kappa shape index (κ3) is 4.57. The summed E-state index contributed by atoms with van der Waals surface area (Å²) in [4.78, 5) is 14.7. The number of amides is 1. The van der Waals surface area contributed by atoms with E-state index in [0.29, 0.717) is 6.54 Å². The fourth-order valence-electron chi connectivity index (χ4n) is 3.08. The van der Waals surface area contributed by atoms with Crippen LogP contribution in [0, 0.1) is 0 Å². The first-order valence-corrected chi connectivity index (χ1v) is 8.37. The number of hydrogen-bond acceptors (Lipinski definition) is 2. The monoisotopic (exact) mass is 288 g/mol. The lowest BCUT2D eigenvalue weighted by Gasteiger charge is -2.20. The fraction of sp³-hybridized carbons (Fsp3) is 0.611. The molecule has 1 saturated heterocycles. The molecule has 21 heavy (non-hydrogen) atoms. The van der Waals surface area contributed by atoms with Crippen molar-refractivity contribution >= 4 is 11.6 Å². The zero-order chi connectivity index (χ0) is 15.1. The smallest absolute Gasteiger partial charge is 0.238 e. The molecule has 0 aromatic heterocycles. The SMILES string of the molecule is CCc1cccc(CC)c1NC(=O)CN1CCCCCC1. The molecule has 1 heterocycles. The van der Waals surface area contributed by atoms with Gasteiger partial charge in [-0.1, -0.05) is 44.9 Å². The van der Waals surface area contributed by atoms with Gasteiger partial charge in [0.2, 0.25) is 5.91 Å². The Balaban J connectivity index is 2.01. The van der Waals surface area contributed by atoms with Gasteiger partial charge in [0.1, 0.15) is 0 Å². The highest BCUT2D eigenvalue weighted by Gasteiger charge is 2.15. The summed E-state index contributed by atoms with van der Waals surface area (Å²) in [7, 11) is 0. The van der Waals surface area contributed by atoms with E-state index in [1.807, 2.05) is 0 Å². The molecule has 2 rings (SSSR count). The molecule has 116 valence electrons. The van der Waals surface area contributed by atoms with Crippen LogP contribution >= 0.6 is 0 Å². The minimum atomic E-state index is 0.132. The van der Waals surface area contributed by atoms with Crippen LogP contribution in [-0.4, -0.2) is 30.4 Å². The summed E-state index contributed by atoms with van der Waals surface area (Å²) in [6.07, 6.45) is 6.95. The highest BCUT2D eigenvalue weighted by atomic mass is 16.2. The molecular weight excluding hydrogens is 260 g/mol. The van der Waals surface area contributed by atoms with Gasteiger partial charge in [-0.15, -0.1) is 0 Å². The lowest BCUT2D eigenvalue weighted by molar-refractivity contribution is -0.117. The van der Waals surface area contributed by atoms with Crippen molar-refractivity contribution in [1.82, 2.24) is 4.90 Å². The number of hydrogen-bond donors (Lipinski definition) is 1. The standard InChI is InChI=1S/C18H28N2O/c1-3-15-10-9-11-16(4-2)18(15)19-17(21)14-20-12-7-5-6-8-13-20/h9-11H,3-8,12-14H2,1-2H3,(H,19,21). The first-order chi connectivity index (χ1) is 10.2. The molecule has 0 aliphatic carbocycles. The summed E-state index contributed by atoms with van der Waals surface area (Å²) in [5.74, 6) is 0.132. The van der Waals surface area contributed by atoms with Crippen LogP contribution in [0.5, 0.6) is 0 Å². The molecule has 3 nitrogen and oxygen atoms in total. The molecule has 0 bridgehead atoms. The van der Waals surface area contributed by atoms with Crippen molar-refractivity contribution in [3.8, 4) is 0 Å². The molecule has 3 heteroatoms. The van der Waals surface area contributed by atoms with E-state index in [-0.39, 0.29) is 5.91 Å². The van der Waals surface area contributed by atoms with E-state index in [9.17, 15) is 4.79 Å². The van der Waals surface area contributed by atoms with E-state index >= 15 is 0 Å². The van der Waals surface area contributed by atoms with Crippen molar-refractivity contribution < 1.29 is 4.79 Å². The molecule has 0 unspecified atom stereocenters. The molecule has 0 spiro atoms. The van der Waals surface area contributed by atoms with Crippen molar-refractivity contribution in [3.63, 3.8) is 0 Å². The van der Waals surface area contributed by atoms with Crippen LogP contribution in [0.4, 0.5) is 5.69 Å². The minimum absolute atomic E-state index is 0.132. The van der Waals surface area contributed by atoms with Gasteiger partial charge in [-0.2, -0.15) is 0 Å². The number of nitrogens with zero attached hydrogens (tertiary/aromatic N) is 1. The van der Waals surface area contributed by atoms with Crippen LogP contribution < -0.4 is 5.32 Å². The van der Waals surface area contributed by atoms with Crippen molar-refractivity contribution in [2.45, 2.75) is 52.4 Å². The number of rotatable bonds is 5. The lowest BCUT2D eigenvalue weighted by Crippen LogP contribution is -2.34. The molecule has 0 saturated carbocycles. The topological polar surface area (TPSA) is 32.3 Å². The number of benzene rings is 1. The lowest BCUT2D eigenvalue weighted by atomic mass is 10.0. The second kappa shape index (κ2) is 8.18. The predicted molar refractivity (Wildman–Crippen MR) is 88.7 cm³/mol. The Morgan fingerprint density at radius 3 is 2.14 bits per heavy atom. The molecule has 1 aromatic rings. The van der Waals surface area contributed by atoms with E-state index in [1.165, 1.54) is 36.8 Å². The van der Waals surface area contributed by atoms with Gasteiger partial charge in [0.05, 0.1) is 6.54 Å². The maximum Gasteiger partial charge on any atom is 0.238 e. The predicted octanol–water partition coefficient (Wildman–Crippen LogP) is 3.63. The van der Waals surface area contributed by atoms with Crippen LogP contribution in [0.15, 0.2) is 18.2 Å². The summed E-state index contributed by atoms with van der Waals surface area (Å²) >= 11 is 0.